The molecule has 1 saturated heterocycles. The highest BCUT2D eigenvalue weighted by Crippen LogP contribution is 2.43. The van der Waals surface area contributed by atoms with Gasteiger partial charge in [0, 0.05) is 45.6 Å². The Bertz CT molecular complexity index is 2990. The van der Waals surface area contributed by atoms with Gasteiger partial charge >= 0.3 is 12.1 Å². The van der Waals surface area contributed by atoms with Gasteiger partial charge in [0.05, 0.1) is 0 Å². The van der Waals surface area contributed by atoms with Gasteiger partial charge < -0.3 is 24.4 Å². The molecule has 2 N–H and O–H groups in total. The standard InChI is InChI=1S/C55H47FN6O8S2/c1-54(2,3)69-53(66)59-52-58-47(61-72-52)43(60-70-55(38-24-13-6-14-25-38,39-26-15-7-16-27-39)40-28-17-8-18-29-40)48(63)57-44-49(64)62-45(37(34-71-50(44)62)33-67-42-31-19-30-41(56)32-42)51(65)68-46(35-20-9-4-10-21-35)36-22-11-5-12-23-36/h4-32,44,46,50H,33-34H2,1-3H3,(H,57,63)(H,58,59,61,66)/t44?,50-/m0/s1. The van der Waals surface area contributed by atoms with Crippen LogP contribution < -0.4 is 15.4 Å². The molecule has 9 rings (SSSR count). The molecule has 72 heavy (non-hydrogen) atoms. The second kappa shape index (κ2) is 21.5. The van der Waals surface area contributed by atoms with Gasteiger partial charge in [-0.2, -0.15) is 9.36 Å². The summed E-state index contributed by atoms with van der Waals surface area (Å²) < 4.78 is 36.4. The number of β-lactam (4-membered cyclic amide) rings is 1. The van der Waals surface area contributed by atoms with Gasteiger partial charge in [0.15, 0.2) is 6.10 Å². The van der Waals surface area contributed by atoms with Crippen molar-refractivity contribution < 1.29 is 42.6 Å². The maximum absolute atomic E-state index is 14.9. The molecule has 2 aliphatic heterocycles. The lowest BCUT2D eigenvalue weighted by Gasteiger charge is -2.49. The van der Waals surface area contributed by atoms with Gasteiger partial charge in [-0.25, -0.2) is 14.0 Å². The Morgan fingerprint density at radius 3 is 1.88 bits per heavy atom. The zero-order chi connectivity index (χ0) is 50.2. The third-order valence-electron chi connectivity index (χ3n) is 11.4. The molecule has 0 aliphatic carbocycles. The minimum Gasteiger partial charge on any atom is -0.489 e. The zero-order valence-electron chi connectivity index (χ0n) is 39.1. The first-order valence-corrected chi connectivity index (χ1v) is 24.6. The SMILES string of the molecule is CC(C)(C)OC(=O)Nc1nc(C(=NOC(c2ccccc2)(c2ccccc2)c2ccccc2)C(=O)NC2C(=O)N3C(C(=O)OC(c4ccccc4)c4ccccc4)=C(COc4cccc(F)c4)CS[C@@H]23)ns1. The number of aromatic nitrogens is 2. The molecule has 7 aromatic rings. The van der Waals surface area contributed by atoms with Gasteiger partial charge in [-0.1, -0.05) is 163 Å². The molecule has 1 aromatic heterocycles. The first kappa shape index (κ1) is 48.9. The van der Waals surface area contributed by atoms with Gasteiger partial charge in [-0.15, -0.1) is 11.8 Å². The maximum Gasteiger partial charge on any atom is 0.414 e. The van der Waals surface area contributed by atoms with E-state index in [4.69, 9.17) is 19.0 Å². The Hall–Kier alpha value is -8.15. The van der Waals surface area contributed by atoms with Gasteiger partial charge in [0.25, 0.3) is 11.8 Å². The number of esters is 1. The van der Waals surface area contributed by atoms with Gasteiger partial charge in [-0.3, -0.25) is 19.8 Å². The lowest BCUT2D eigenvalue weighted by Crippen LogP contribution is -2.71. The van der Waals surface area contributed by atoms with E-state index in [1.54, 1.807) is 26.8 Å². The fraction of sp³-hybridized carbons (Fsp3) is 0.182. The molecule has 0 bridgehead atoms. The second-order valence-electron chi connectivity index (χ2n) is 17.5. The highest BCUT2D eigenvalue weighted by atomic mass is 32.2. The van der Waals surface area contributed by atoms with Gasteiger partial charge in [0.2, 0.25) is 22.3 Å². The third kappa shape index (κ3) is 10.8. The minimum absolute atomic E-state index is 0.000450. The van der Waals surface area contributed by atoms with E-state index in [0.717, 1.165) is 11.5 Å². The van der Waals surface area contributed by atoms with Crippen LogP contribution in [0.25, 0.3) is 0 Å². The fourth-order valence-corrected chi connectivity index (χ4v) is 10.1. The molecule has 1 fully saturated rings. The number of nitrogens with one attached hydrogen (secondary N) is 2. The average Bonchev–Trinajstić information content (AvgIpc) is 3.85. The number of benzene rings is 6. The molecule has 0 radical (unpaired) electrons. The number of amides is 3. The first-order valence-electron chi connectivity index (χ1n) is 22.8. The van der Waals surface area contributed by atoms with Crippen molar-refractivity contribution in [2.75, 3.05) is 17.7 Å². The van der Waals surface area contributed by atoms with E-state index < -0.39 is 64.1 Å². The Morgan fingerprint density at radius 2 is 1.33 bits per heavy atom. The number of carbonyl (C=O) groups excluding carboxylic acids is 4. The molecular weight excluding hydrogens is 956 g/mol. The van der Waals surface area contributed by atoms with E-state index in [1.807, 2.05) is 152 Å². The quantitative estimate of drug-likeness (QED) is 0.0311. The van der Waals surface area contributed by atoms with Crippen LogP contribution in [0.5, 0.6) is 5.75 Å². The molecule has 364 valence electrons. The molecule has 17 heteroatoms. The molecule has 2 aliphatic rings. The van der Waals surface area contributed by atoms with E-state index in [-0.39, 0.29) is 34.8 Å². The number of oxime groups is 1. The number of halogens is 1. The third-order valence-corrected chi connectivity index (χ3v) is 13.4. The molecule has 6 aromatic carbocycles. The number of hydrogen-bond acceptors (Lipinski definition) is 13. The van der Waals surface area contributed by atoms with Crippen molar-refractivity contribution in [3.63, 3.8) is 0 Å². The van der Waals surface area contributed by atoms with Crippen LogP contribution in [0, 0.1) is 5.82 Å². The fourth-order valence-electron chi connectivity index (χ4n) is 8.20. The Labute approximate surface area is 423 Å². The molecular formula is C55H47FN6O8S2. The maximum atomic E-state index is 14.9. The van der Waals surface area contributed by atoms with E-state index in [9.17, 15) is 23.6 Å². The Kier molecular flexibility index (Phi) is 14.6. The zero-order valence-corrected chi connectivity index (χ0v) is 40.8. The van der Waals surface area contributed by atoms with E-state index in [0.29, 0.717) is 33.4 Å². The monoisotopic (exact) mass is 1000 g/mol. The highest BCUT2D eigenvalue weighted by molar-refractivity contribution is 8.00. The Balaban J connectivity index is 1.07. The van der Waals surface area contributed by atoms with Crippen molar-refractivity contribution in [3.8, 4) is 5.75 Å². The van der Waals surface area contributed by atoms with Crippen LogP contribution in [0.1, 0.15) is 60.5 Å². The molecule has 0 spiro atoms. The van der Waals surface area contributed by atoms with Crippen molar-refractivity contribution in [1.29, 1.82) is 0 Å². The predicted octanol–water partition coefficient (Wildman–Crippen LogP) is 9.80. The average molecular weight is 1000 g/mol. The van der Waals surface area contributed by atoms with Crippen LogP contribution >= 0.6 is 23.3 Å². The van der Waals surface area contributed by atoms with Crippen LogP contribution in [0.4, 0.5) is 14.3 Å². The van der Waals surface area contributed by atoms with Crippen molar-refractivity contribution in [2.24, 2.45) is 5.16 Å². The molecule has 14 nitrogen and oxygen atoms in total. The summed E-state index contributed by atoms with van der Waals surface area (Å²) >= 11 is 2.07. The summed E-state index contributed by atoms with van der Waals surface area (Å²) in [5.41, 5.74) is 1.10. The number of hydrogen-bond donors (Lipinski definition) is 2. The van der Waals surface area contributed by atoms with Crippen LogP contribution in [-0.4, -0.2) is 73.2 Å². The summed E-state index contributed by atoms with van der Waals surface area (Å²) in [6, 6.07) is 50.9. The van der Waals surface area contributed by atoms with E-state index >= 15 is 0 Å². The van der Waals surface area contributed by atoms with Crippen molar-refractivity contribution >= 4 is 58.0 Å². The number of thioether (sulfide) groups is 1. The number of nitrogens with zero attached hydrogens (tertiary/aromatic N) is 4. The normalized spacial score (nSPS) is 15.8. The van der Waals surface area contributed by atoms with Crippen molar-refractivity contribution in [2.45, 2.75) is 49.5 Å². The number of ether oxygens (including phenoxy) is 3. The van der Waals surface area contributed by atoms with Gasteiger partial charge in [-0.05, 0) is 44.0 Å². The van der Waals surface area contributed by atoms with E-state index in [2.05, 4.69) is 25.1 Å². The molecule has 3 amide bonds. The molecule has 3 heterocycles. The summed E-state index contributed by atoms with van der Waals surface area (Å²) in [7, 11) is 0. The molecule has 1 unspecified atom stereocenters. The number of rotatable bonds is 16. The number of anilines is 1. The highest BCUT2D eigenvalue weighted by Gasteiger charge is 2.55. The van der Waals surface area contributed by atoms with Crippen LogP contribution in [0.2, 0.25) is 0 Å². The largest absolute Gasteiger partial charge is 0.489 e. The van der Waals surface area contributed by atoms with Crippen molar-refractivity contribution in [1.82, 2.24) is 19.6 Å². The topological polar surface area (TPSA) is 171 Å². The smallest absolute Gasteiger partial charge is 0.414 e. The summed E-state index contributed by atoms with van der Waals surface area (Å²) in [6.07, 6.45) is -1.65. The van der Waals surface area contributed by atoms with E-state index in [1.165, 1.54) is 34.9 Å². The Morgan fingerprint density at radius 1 is 0.778 bits per heavy atom. The van der Waals surface area contributed by atoms with Crippen molar-refractivity contribution in [3.05, 3.63) is 227 Å². The predicted molar refractivity (Wildman–Crippen MR) is 271 cm³/mol. The molecule has 0 saturated carbocycles. The minimum atomic E-state index is -1.44. The van der Waals surface area contributed by atoms with Crippen LogP contribution in [0.15, 0.2) is 192 Å². The molecule has 2 atom stereocenters. The van der Waals surface area contributed by atoms with Crippen LogP contribution in [-0.2, 0) is 34.3 Å². The van der Waals surface area contributed by atoms with Crippen LogP contribution in [0.3, 0.4) is 0 Å². The summed E-state index contributed by atoms with van der Waals surface area (Å²) in [5, 5.41) is 9.17. The summed E-state index contributed by atoms with van der Waals surface area (Å²) in [6.45, 7) is 4.97. The lowest BCUT2D eigenvalue weighted by atomic mass is 9.80. The first-order chi connectivity index (χ1) is 34.9. The summed E-state index contributed by atoms with van der Waals surface area (Å²) in [4.78, 5) is 69.5. The summed E-state index contributed by atoms with van der Waals surface area (Å²) in [5.74, 6) is -2.66. The van der Waals surface area contributed by atoms with Gasteiger partial charge in [0.1, 0.15) is 40.9 Å². The lowest BCUT2D eigenvalue weighted by molar-refractivity contribution is -0.154. The second-order valence-corrected chi connectivity index (χ2v) is 19.4. The number of carbonyl (C=O) groups is 4. The number of fused-ring (bicyclic) bond motifs is 1.